The zero-order valence-corrected chi connectivity index (χ0v) is 21.1. The highest BCUT2D eigenvalue weighted by Gasteiger charge is 2.36. The van der Waals surface area contributed by atoms with Gasteiger partial charge in [0.15, 0.2) is 0 Å². The summed E-state index contributed by atoms with van der Waals surface area (Å²) in [6.45, 7) is 0. The first-order valence-electron chi connectivity index (χ1n) is 12.6. The molecule has 0 radical (unpaired) electrons. The van der Waals surface area contributed by atoms with Crippen LogP contribution in [0, 0.1) is 0 Å². The van der Waals surface area contributed by atoms with Crippen LogP contribution >= 0.6 is 7.14 Å². The highest BCUT2D eigenvalue weighted by molar-refractivity contribution is 7.79. The number of imidazole rings is 1. The highest BCUT2D eigenvalue weighted by Crippen LogP contribution is 2.52. The number of hydrogen-bond donors (Lipinski definition) is 0. The molecule has 1 atom stereocenters. The predicted molar refractivity (Wildman–Crippen MR) is 155 cm³/mol. The molecule has 0 bridgehead atoms. The van der Waals surface area contributed by atoms with E-state index in [1.807, 2.05) is 78.9 Å². The second kappa shape index (κ2) is 8.73. The Hall–Kier alpha value is -4.20. The minimum Gasteiger partial charge on any atom is -0.313 e. The molecule has 0 saturated heterocycles. The number of fused-ring (bicyclic) bond motifs is 5. The lowest BCUT2D eigenvalue weighted by Crippen LogP contribution is -2.25. The Morgan fingerprint density at radius 3 is 2.22 bits per heavy atom. The Kier molecular flexibility index (Phi) is 5.20. The summed E-state index contributed by atoms with van der Waals surface area (Å²) in [5, 5.41) is 4.09. The van der Waals surface area contributed by atoms with E-state index < -0.39 is 7.14 Å². The third-order valence-corrected chi connectivity index (χ3v) is 10.8. The van der Waals surface area contributed by atoms with Gasteiger partial charge in [-0.3, -0.25) is 4.40 Å². The first-order valence-corrected chi connectivity index (χ1v) is 14.4. The van der Waals surface area contributed by atoms with E-state index in [-0.39, 0.29) is 5.66 Å². The molecule has 2 heterocycles. The van der Waals surface area contributed by atoms with E-state index >= 15 is 4.57 Å². The minimum atomic E-state index is -2.95. The Labute approximate surface area is 215 Å². The number of rotatable bonds is 4. The average Bonchev–Trinajstić information content (AvgIpc) is 3.37. The van der Waals surface area contributed by atoms with E-state index in [2.05, 4.69) is 59.2 Å². The van der Waals surface area contributed by atoms with Crippen LogP contribution in [0.5, 0.6) is 0 Å². The molecule has 0 fully saturated rings. The second-order valence-electron chi connectivity index (χ2n) is 9.54. The summed E-state index contributed by atoms with van der Waals surface area (Å²) in [4.78, 5) is 5.02. The van der Waals surface area contributed by atoms with Gasteiger partial charge >= 0.3 is 0 Å². The second-order valence-corrected chi connectivity index (χ2v) is 12.6. The summed E-state index contributed by atoms with van der Waals surface area (Å²) in [5.41, 5.74) is 5.06. The zero-order chi connectivity index (χ0) is 24.8. The van der Waals surface area contributed by atoms with E-state index in [4.69, 9.17) is 4.98 Å². The zero-order valence-electron chi connectivity index (χ0n) is 20.2. The number of benzene rings is 4. The van der Waals surface area contributed by atoms with Crippen LogP contribution in [0.15, 0.2) is 134 Å². The van der Waals surface area contributed by atoms with Crippen LogP contribution < -0.4 is 10.6 Å². The van der Waals surface area contributed by atoms with Crippen molar-refractivity contribution in [3.8, 4) is 0 Å². The molecule has 178 valence electrons. The lowest BCUT2D eigenvalue weighted by Gasteiger charge is -2.28. The quantitative estimate of drug-likeness (QED) is 0.239. The Bertz CT molecular complexity index is 1840. The third-order valence-electron chi connectivity index (χ3n) is 7.41. The van der Waals surface area contributed by atoms with Crippen LogP contribution in [0.4, 0.5) is 0 Å². The summed E-state index contributed by atoms with van der Waals surface area (Å²) in [6, 6.07) is 36.7. The highest BCUT2D eigenvalue weighted by atomic mass is 31.2. The van der Waals surface area contributed by atoms with Crippen LogP contribution in [0.3, 0.4) is 0 Å². The van der Waals surface area contributed by atoms with Crippen molar-refractivity contribution >= 4 is 50.8 Å². The van der Waals surface area contributed by atoms with Crippen molar-refractivity contribution in [3.05, 3.63) is 139 Å². The number of nitrogens with zero attached hydrogens (tertiary/aromatic N) is 2. The van der Waals surface area contributed by atoms with Gasteiger partial charge in [-0.15, -0.1) is 0 Å². The van der Waals surface area contributed by atoms with Gasteiger partial charge in [0.2, 0.25) is 0 Å². The smallest absolute Gasteiger partial charge is 0.150 e. The molecule has 1 unspecified atom stereocenters. The van der Waals surface area contributed by atoms with Crippen molar-refractivity contribution in [1.82, 2.24) is 9.38 Å². The first kappa shape index (κ1) is 22.0. The molecule has 2 aromatic heterocycles. The van der Waals surface area contributed by atoms with Gasteiger partial charge in [-0.25, -0.2) is 4.98 Å². The Balaban J connectivity index is 1.49. The molecular weight excluding hydrogens is 471 g/mol. The van der Waals surface area contributed by atoms with E-state index in [1.165, 1.54) is 0 Å². The number of hydrogen-bond acceptors (Lipinski definition) is 2. The van der Waals surface area contributed by atoms with E-state index in [0.717, 1.165) is 55.6 Å². The van der Waals surface area contributed by atoms with Crippen LogP contribution in [0.1, 0.15) is 12.0 Å². The van der Waals surface area contributed by atoms with E-state index in [9.17, 15) is 0 Å². The number of aromatic nitrogens is 2. The molecular formula is C33H25N2OP. The first-order chi connectivity index (χ1) is 18.2. The van der Waals surface area contributed by atoms with Gasteiger partial charge in [0.1, 0.15) is 12.8 Å². The third kappa shape index (κ3) is 3.50. The van der Waals surface area contributed by atoms with Gasteiger partial charge < -0.3 is 4.57 Å². The molecule has 4 aromatic carbocycles. The molecule has 4 heteroatoms. The minimum absolute atomic E-state index is 0.141. The van der Waals surface area contributed by atoms with Crippen molar-refractivity contribution in [2.75, 3.05) is 0 Å². The lowest BCUT2D eigenvalue weighted by atomic mass is 9.95. The van der Waals surface area contributed by atoms with Crippen LogP contribution in [0.25, 0.3) is 33.0 Å². The van der Waals surface area contributed by atoms with Crippen LogP contribution in [-0.2, 0) is 4.57 Å². The SMILES string of the molecule is O=P(c1ccccc1)(c1ccccc1)C1C=C(c2cc3ccccc3c3nc4ccccn4c23)C=CC1. The lowest BCUT2D eigenvalue weighted by molar-refractivity contribution is 0.582. The van der Waals surface area contributed by atoms with Crippen molar-refractivity contribution in [2.24, 2.45) is 0 Å². The molecule has 0 spiro atoms. The monoisotopic (exact) mass is 496 g/mol. The van der Waals surface area contributed by atoms with Crippen LogP contribution in [-0.4, -0.2) is 15.0 Å². The molecule has 0 amide bonds. The average molecular weight is 497 g/mol. The van der Waals surface area contributed by atoms with Crippen molar-refractivity contribution in [1.29, 1.82) is 0 Å². The van der Waals surface area contributed by atoms with E-state index in [1.54, 1.807) is 0 Å². The van der Waals surface area contributed by atoms with Gasteiger partial charge in [-0.2, -0.15) is 0 Å². The van der Waals surface area contributed by atoms with Crippen molar-refractivity contribution in [3.63, 3.8) is 0 Å². The van der Waals surface area contributed by atoms with Gasteiger partial charge in [-0.1, -0.05) is 109 Å². The summed E-state index contributed by atoms with van der Waals surface area (Å²) in [5.74, 6) is 0. The topological polar surface area (TPSA) is 34.4 Å². The maximum atomic E-state index is 15.1. The van der Waals surface area contributed by atoms with Gasteiger partial charge in [0, 0.05) is 33.4 Å². The summed E-state index contributed by atoms with van der Waals surface area (Å²) in [6.07, 6.45) is 9.42. The normalized spacial score (nSPS) is 15.9. The van der Waals surface area contributed by atoms with Crippen LogP contribution in [0.2, 0.25) is 0 Å². The molecule has 7 rings (SSSR count). The van der Waals surface area contributed by atoms with Gasteiger partial charge in [-0.05, 0) is 35.6 Å². The molecule has 0 N–H and O–H groups in total. The van der Waals surface area contributed by atoms with E-state index in [0.29, 0.717) is 0 Å². The summed E-state index contributed by atoms with van der Waals surface area (Å²) >= 11 is 0. The molecule has 0 aliphatic heterocycles. The summed E-state index contributed by atoms with van der Waals surface area (Å²) in [7, 11) is -2.95. The van der Waals surface area contributed by atoms with Crippen molar-refractivity contribution < 1.29 is 4.57 Å². The van der Waals surface area contributed by atoms with Gasteiger partial charge in [0.05, 0.1) is 11.0 Å². The molecule has 1 aliphatic carbocycles. The number of allylic oxidation sites excluding steroid dienone is 4. The fourth-order valence-electron chi connectivity index (χ4n) is 5.65. The molecule has 6 aromatic rings. The predicted octanol–water partition coefficient (Wildman–Crippen LogP) is 7.37. The standard InChI is InChI=1S/C33H25N2OP/c36-37(26-14-3-1-4-15-26,27-16-5-2-6-17-27)28-18-11-13-24(22-28)30-23-25-12-7-8-19-29(25)32-33(30)35-21-10-9-20-31(35)34-32/h1-17,19-23,28H,18H2. The Morgan fingerprint density at radius 1 is 0.784 bits per heavy atom. The maximum Gasteiger partial charge on any atom is 0.150 e. The fourth-order valence-corrected chi connectivity index (χ4v) is 8.74. The van der Waals surface area contributed by atoms with Gasteiger partial charge in [0.25, 0.3) is 0 Å². The Morgan fingerprint density at radius 2 is 1.46 bits per heavy atom. The molecule has 0 saturated carbocycles. The van der Waals surface area contributed by atoms with Crippen molar-refractivity contribution in [2.45, 2.75) is 12.1 Å². The largest absolute Gasteiger partial charge is 0.313 e. The summed E-state index contributed by atoms with van der Waals surface area (Å²) < 4.78 is 17.3. The maximum absolute atomic E-state index is 15.1. The molecule has 1 aliphatic rings. The fraction of sp³-hybridized carbons (Fsp3) is 0.0606. The molecule has 3 nitrogen and oxygen atoms in total. The number of pyridine rings is 1. The molecule has 37 heavy (non-hydrogen) atoms.